The molecule has 0 aliphatic heterocycles. The Morgan fingerprint density at radius 2 is 1.90 bits per heavy atom. The van der Waals surface area contributed by atoms with E-state index in [-0.39, 0.29) is 23.1 Å². The molecule has 1 aromatic carbocycles. The molecule has 21 heavy (non-hydrogen) atoms. The van der Waals surface area contributed by atoms with E-state index >= 15 is 0 Å². The van der Waals surface area contributed by atoms with Crippen LogP contribution in [0, 0.1) is 0 Å². The van der Waals surface area contributed by atoms with Crippen molar-refractivity contribution in [3.63, 3.8) is 0 Å². The molecule has 1 amide bonds. The number of rotatable bonds is 5. The zero-order valence-electron chi connectivity index (χ0n) is 10.7. The topological polar surface area (TPSA) is 38.3 Å². The Morgan fingerprint density at radius 3 is 2.43 bits per heavy atom. The molecule has 1 aromatic rings. The summed E-state index contributed by atoms with van der Waals surface area (Å²) in [4.78, 5) is 11.1. The van der Waals surface area contributed by atoms with Gasteiger partial charge in [-0.05, 0) is 24.6 Å². The third kappa shape index (κ3) is 4.20. The molecule has 0 saturated heterocycles. The molecule has 1 rings (SSSR count). The first-order chi connectivity index (χ1) is 9.59. The first-order valence-electron chi connectivity index (χ1n) is 5.78. The van der Waals surface area contributed by atoms with Gasteiger partial charge in [-0.1, -0.05) is 18.5 Å². The fraction of sp³-hybridized carbons (Fsp3) is 0.417. The first-order valence-corrected chi connectivity index (χ1v) is 6.15. The zero-order valence-corrected chi connectivity index (χ0v) is 11.5. The normalized spacial score (nSPS) is 12.1. The second-order valence-corrected chi connectivity index (χ2v) is 4.45. The van der Waals surface area contributed by atoms with E-state index in [0.29, 0.717) is 6.42 Å². The van der Waals surface area contributed by atoms with E-state index in [4.69, 9.17) is 16.3 Å². The molecule has 0 aliphatic carbocycles. The second kappa shape index (κ2) is 6.46. The van der Waals surface area contributed by atoms with Crippen LogP contribution in [-0.4, -0.2) is 24.6 Å². The Balaban J connectivity index is 3.01. The van der Waals surface area contributed by atoms with Gasteiger partial charge in [0, 0.05) is 5.02 Å². The highest BCUT2D eigenvalue weighted by Crippen LogP contribution is 2.37. The van der Waals surface area contributed by atoms with Crippen LogP contribution in [0.2, 0.25) is 5.02 Å². The van der Waals surface area contributed by atoms with Crippen molar-refractivity contribution in [1.82, 2.24) is 0 Å². The minimum absolute atomic E-state index is 0.0458. The van der Waals surface area contributed by atoms with E-state index in [1.54, 1.807) is 6.92 Å². The van der Waals surface area contributed by atoms with Crippen LogP contribution in [0.1, 0.15) is 13.3 Å². The molecule has 0 saturated carbocycles. The van der Waals surface area contributed by atoms with Gasteiger partial charge in [-0.15, -0.1) is 0 Å². The van der Waals surface area contributed by atoms with Crippen LogP contribution < -0.4 is 10.1 Å². The maximum Gasteiger partial charge on any atom is 0.463 e. The largest absolute Gasteiger partial charge is 0.491 e. The van der Waals surface area contributed by atoms with Crippen molar-refractivity contribution in [3.8, 4) is 5.75 Å². The average Bonchev–Trinajstić information content (AvgIpc) is 2.36. The van der Waals surface area contributed by atoms with Gasteiger partial charge in [-0.3, -0.25) is 4.79 Å². The van der Waals surface area contributed by atoms with Gasteiger partial charge in [-0.25, -0.2) is 0 Å². The Labute approximate surface area is 122 Å². The third-order valence-electron chi connectivity index (χ3n) is 2.29. The highest BCUT2D eigenvalue weighted by Gasteiger charge is 2.63. The van der Waals surface area contributed by atoms with Crippen LogP contribution in [0.4, 0.5) is 27.6 Å². The van der Waals surface area contributed by atoms with Crippen molar-refractivity contribution in [2.45, 2.75) is 25.4 Å². The summed E-state index contributed by atoms with van der Waals surface area (Å²) in [6.07, 6.45) is -5.41. The SMILES string of the molecule is CCCOc1ccc(Cl)cc1NC(=O)C(F)(F)C(F)(F)F. The van der Waals surface area contributed by atoms with E-state index in [9.17, 15) is 26.7 Å². The average molecular weight is 332 g/mol. The number of amides is 1. The van der Waals surface area contributed by atoms with Crippen molar-refractivity contribution < 1.29 is 31.5 Å². The van der Waals surface area contributed by atoms with Crippen molar-refractivity contribution in [1.29, 1.82) is 0 Å². The maximum atomic E-state index is 12.9. The summed E-state index contributed by atoms with van der Waals surface area (Å²) in [5, 5.41) is 1.53. The van der Waals surface area contributed by atoms with E-state index in [1.807, 2.05) is 0 Å². The molecule has 0 atom stereocenters. The second-order valence-electron chi connectivity index (χ2n) is 4.02. The Morgan fingerprint density at radius 1 is 1.29 bits per heavy atom. The lowest BCUT2D eigenvalue weighted by Crippen LogP contribution is -2.47. The van der Waals surface area contributed by atoms with E-state index < -0.39 is 18.0 Å². The lowest BCUT2D eigenvalue weighted by molar-refractivity contribution is -0.267. The summed E-state index contributed by atoms with van der Waals surface area (Å²) in [5.41, 5.74) is -0.357. The third-order valence-corrected chi connectivity index (χ3v) is 2.53. The fourth-order valence-electron chi connectivity index (χ4n) is 1.27. The highest BCUT2D eigenvalue weighted by molar-refractivity contribution is 6.31. The molecule has 0 aliphatic rings. The predicted molar refractivity (Wildman–Crippen MR) is 66.9 cm³/mol. The number of carbonyl (C=O) groups is 1. The molecule has 0 radical (unpaired) electrons. The minimum Gasteiger partial charge on any atom is -0.491 e. The molecule has 0 aromatic heterocycles. The summed E-state index contributed by atoms with van der Waals surface area (Å²) in [7, 11) is 0. The van der Waals surface area contributed by atoms with Gasteiger partial charge in [0.25, 0.3) is 0 Å². The zero-order chi connectivity index (χ0) is 16.3. The number of anilines is 1. The van der Waals surface area contributed by atoms with Crippen LogP contribution in [0.15, 0.2) is 18.2 Å². The lowest BCUT2D eigenvalue weighted by atomic mass is 10.2. The number of benzene rings is 1. The summed E-state index contributed by atoms with van der Waals surface area (Å²) in [5.74, 6) is -8.07. The van der Waals surface area contributed by atoms with Crippen molar-refractivity contribution in [2.75, 3.05) is 11.9 Å². The molecule has 118 valence electrons. The molecule has 0 fully saturated rings. The van der Waals surface area contributed by atoms with Gasteiger partial charge >= 0.3 is 18.0 Å². The van der Waals surface area contributed by atoms with Crippen LogP contribution in [0.3, 0.4) is 0 Å². The Hall–Kier alpha value is -1.57. The highest BCUT2D eigenvalue weighted by atomic mass is 35.5. The van der Waals surface area contributed by atoms with E-state index in [2.05, 4.69) is 0 Å². The monoisotopic (exact) mass is 331 g/mol. The Bertz CT molecular complexity index is 519. The van der Waals surface area contributed by atoms with Gasteiger partial charge in [0.05, 0.1) is 12.3 Å². The first kappa shape index (κ1) is 17.5. The van der Waals surface area contributed by atoms with E-state index in [1.165, 1.54) is 17.4 Å². The number of carbonyl (C=O) groups excluding carboxylic acids is 1. The number of halogens is 6. The number of nitrogens with one attached hydrogen (secondary N) is 1. The molecule has 0 spiro atoms. The molecule has 0 bridgehead atoms. The molecule has 0 unspecified atom stereocenters. The van der Waals surface area contributed by atoms with Gasteiger partial charge in [0.2, 0.25) is 0 Å². The number of hydrogen-bond acceptors (Lipinski definition) is 2. The maximum absolute atomic E-state index is 12.9. The summed E-state index contributed by atoms with van der Waals surface area (Å²) < 4.78 is 67.2. The fourth-order valence-corrected chi connectivity index (χ4v) is 1.44. The van der Waals surface area contributed by atoms with Gasteiger partial charge < -0.3 is 10.1 Å². The lowest BCUT2D eigenvalue weighted by Gasteiger charge is -2.20. The smallest absolute Gasteiger partial charge is 0.463 e. The molecule has 9 heteroatoms. The number of ether oxygens (including phenoxy) is 1. The predicted octanol–water partition coefficient (Wildman–Crippen LogP) is 4.26. The van der Waals surface area contributed by atoms with Gasteiger partial charge in [0.1, 0.15) is 5.75 Å². The quantitative estimate of drug-likeness (QED) is 0.818. The van der Waals surface area contributed by atoms with Crippen LogP contribution in [0.5, 0.6) is 5.75 Å². The summed E-state index contributed by atoms with van der Waals surface area (Å²) in [6.45, 7) is 1.96. The Kier molecular flexibility index (Phi) is 5.38. The molecule has 0 heterocycles. The van der Waals surface area contributed by atoms with Crippen LogP contribution >= 0.6 is 11.6 Å². The van der Waals surface area contributed by atoms with Gasteiger partial charge in [-0.2, -0.15) is 22.0 Å². The summed E-state index contributed by atoms with van der Waals surface area (Å²) in [6, 6.07) is 3.64. The molecular formula is C12H11ClF5NO2. The van der Waals surface area contributed by atoms with Crippen molar-refractivity contribution >= 4 is 23.2 Å². The van der Waals surface area contributed by atoms with Crippen LogP contribution in [-0.2, 0) is 4.79 Å². The molecular weight excluding hydrogens is 321 g/mol. The molecule has 3 nitrogen and oxygen atoms in total. The minimum atomic E-state index is -5.99. The van der Waals surface area contributed by atoms with E-state index in [0.717, 1.165) is 6.07 Å². The summed E-state index contributed by atoms with van der Waals surface area (Å²) >= 11 is 5.62. The van der Waals surface area contributed by atoms with Crippen molar-refractivity contribution in [3.05, 3.63) is 23.2 Å². The number of hydrogen-bond donors (Lipinski definition) is 1. The van der Waals surface area contributed by atoms with Crippen molar-refractivity contribution in [2.24, 2.45) is 0 Å². The standard InChI is InChI=1S/C12H11ClF5NO2/c1-2-5-21-9-4-3-7(13)6-8(9)19-10(20)11(14,15)12(16,17)18/h3-4,6H,2,5H2,1H3,(H,19,20). The van der Waals surface area contributed by atoms with Gasteiger partial charge in [0.15, 0.2) is 0 Å². The van der Waals surface area contributed by atoms with Crippen LogP contribution in [0.25, 0.3) is 0 Å². The molecule has 1 N–H and O–H groups in total. The number of alkyl halides is 5.